The molecule has 1 unspecified atom stereocenters. The predicted molar refractivity (Wildman–Crippen MR) is 84.0 cm³/mol. The highest BCUT2D eigenvalue weighted by Gasteiger charge is 2.23. The van der Waals surface area contributed by atoms with Crippen molar-refractivity contribution in [2.45, 2.75) is 39.2 Å². The second-order valence-corrected chi connectivity index (χ2v) is 5.62. The number of piperidine rings is 1. The zero-order valence-electron chi connectivity index (χ0n) is 13.1. The fraction of sp³-hybridized carbons (Fsp3) is 0.500. The predicted octanol–water partition coefficient (Wildman–Crippen LogP) is 2.19. The molecule has 1 saturated heterocycles. The maximum absolute atomic E-state index is 5.89. The Kier molecular flexibility index (Phi) is 4.46. The van der Waals surface area contributed by atoms with Crippen LogP contribution in [0, 0.1) is 6.92 Å². The van der Waals surface area contributed by atoms with Gasteiger partial charge in [0, 0.05) is 31.3 Å². The van der Waals surface area contributed by atoms with Crippen molar-refractivity contribution in [3.63, 3.8) is 0 Å². The third-order valence-corrected chi connectivity index (χ3v) is 3.79. The number of nitrogens with zero attached hydrogens (tertiary/aromatic N) is 5. The standard InChI is InChI=1S/C16H21N5O/c1-3-13-9-17-15(18-10-13)21-6-4-5-14(11-21)22-16-19-7-12(2)8-20-16/h7-10,14H,3-6,11H2,1-2H3. The first kappa shape index (κ1) is 14.7. The van der Waals surface area contributed by atoms with Gasteiger partial charge < -0.3 is 9.64 Å². The normalized spacial score (nSPS) is 18.3. The summed E-state index contributed by atoms with van der Waals surface area (Å²) in [7, 11) is 0. The van der Waals surface area contributed by atoms with Crippen LogP contribution in [0.1, 0.15) is 30.9 Å². The molecule has 3 rings (SSSR count). The highest BCUT2D eigenvalue weighted by Crippen LogP contribution is 2.19. The molecule has 116 valence electrons. The second kappa shape index (κ2) is 6.68. The third kappa shape index (κ3) is 3.50. The molecule has 1 fully saturated rings. The largest absolute Gasteiger partial charge is 0.458 e. The lowest BCUT2D eigenvalue weighted by Gasteiger charge is -2.32. The summed E-state index contributed by atoms with van der Waals surface area (Å²) in [5.74, 6) is 0.773. The van der Waals surface area contributed by atoms with Crippen LogP contribution in [-0.2, 0) is 6.42 Å². The zero-order valence-corrected chi connectivity index (χ0v) is 13.1. The van der Waals surface area contributed by atoms with E-state index in [2.05, 4.69) is 31.8 Å². The lowest BCUT2D eigenvalue weighted by atomic mass is 10.1. The van der Waals surface area contributed by atoms with Gasteiger partial charge >= 0.3 is 6.01 Å². The topological polar surface area (TPSA) is 64.0 Å². The average Bonchev–Trinajstić information content (AvgIpc) is 2.57. The lowest BCUT2D eigenvalue weighted by molar-refractivity contribution is 0.164. The van der Waals surface area contributed by atoms with Crippen LogP contribution in [0.3, 0.4) is 0 Å². The Morgan fingerprint density at radius 2 is 1.86 bits per heavy atom. The molecule has 0 saturated carbocycles. The molecular weight excluding hydrogens is 278 g/mol. The Morgan fingerprint density at radius 1 is 1.14 bits per heavy atom. The van der Waals surface area contributed by atoms with Gasteiger partial charge in [-0.2, -0.15) is 0 Å². The summed E-state index contributed by atoms with van der Waals surface area (Å²) in [6.07, 6.45) is 10.4. The van der Waals surface area contributed by atoms with Crippen LogP contribution in [0.4, 0.5) is 5.95 Å². The van der Waals surface area contributed by atoms with Gasteiger partial charge in [0.2, 0.25) is 5.95 Å². The highest BCUT2D eigenvalue weighted by atomic mass is 16.5. The maximum atomic E-state index is 5.89. The van der Waals surface area contributed by atoms with E-state index >= 15 is 0 Å². The number of hydrogen-bond acceptors (Lipinski definition) is 6. The molecule has 1 atom stereocenters. The number of aryl methyl sites for hydroxylation is 2. The van der Waals surface area contributed by atoms with Crippen LogP contribution < -0.4 is 9.64 Å². The van der Waals surface area contributed by atoms with Crippen LogP contribution in [0.25, 0.3) is 0 Å². The molecule has 0 radical (unpaired) electrons. The van der Waals surface area contributed by atoms with E-state index in [9.17, 15) is 0 Å². The molecule has 1 aliphatic rings. The van der Waals surface area contributed by atoms with Gasteiger partial charge in [-0.25, -0.2) is 19.9 Å². The summed E-state index contributed by atoms with van der Waals surface area (Å²) in [5, 5.41) is 0. The van der Waals surface area contributed by atoms with Crippen molar-refractivity contribution in [1.29, 1.82) is 0 Å². The van der Waals surface area contributed by atoms with Crippen LogP contribution in [-0.4, -0.2) is 39.1 Å². The van der Waals surface area contributed by atoms with Crippen molar-refractivity contribution in [1.82, 2.24) is 19.9 Å². The van der Waals surface area contributed by atoms with Crippen LogP contribution in [0.5, 0.6) is 6.01 Å². The van der Waals surface area contributed by atoms with Crippen molar-refractivity contribution in [2.24, 2.45) is 0 Å². The fourth-order valence-corrected chi connectivity index (χ4v) is 2.50. The number of aromatic nitrogens is 4. The molecule has 0 aromatic carbocycles. The molecule has 0 amide bonds. The molecule has 2 aromatic rings. The molecule has 0 aliphatic carbocycles. The number of hydrogen-bond donors (Lipinski definition) is 0. The Balaban J connectivity index is 1.64. The first-order valence-electron chi connectivity index (χ1n) is 7.75. The van der Waals surface area contributed by atoms with E-state index < -0.39 is 0 Å². The van der Waals surface area contributed by atoms with Gasteiger partial charge in [0.1, 0.15) is 6.10 Å². The maximum Gasteiger partial charge on any atom is 0.316 e. The second-order valence-electron chi connectivity index (χ2n) is 5.62. The minimum absolute atomic E-state index is 0.0749. The molecule has 0 bridgehead atoms. The summed E-state index contributed by atoms with van der Waals surface area (Å²) >= 11 is 0. The number of ether oxygens (including phenoxy) is 1. The van der Waals surface area contributed by atoms with Gasteiger partial charge in [0.15, 0.2) is 0 Å². The SMILES string of the molecule is CCc1cnc(N2CCCC(Oc3ncc(C)cn3)C2)nc1. The van der Waals surface area contributed by atoms with E-state index in [-0.39, 0.29) is 6.10 Å². The minimum Gasteiger partial charge on any atom is -0.458 e. The Bertz CT molecular complexity index is 599. The third-order valence-electron chi connectivity index (χ3n) is 3.79. The summed E-state index contributed by atoms with van der Waals surface area (Å²) in [5.41, 5.74) is 2.18. The molecular formula is C16H21N5O. The molecule has 3 heterocycles. The molecule has 6 heteroatoms. The summed E-state index contributed by atoms with van der Waals surface area (Å²) < 4.78 is 5.89. The molecule has 1 aliphatic heterocycles. The van der Waals surface area contributed by atoms with E-state index in [0.29, 0.717) is 6.01 Å². The van der Waals surface area contributed by atoms with Crippen molar-refractivity contribution >= 4 is 5.95 Å². The monoisotopic (exact) mass is 299 g/mol. The van der Waals surface area contributed by atoms with Crippen LogP contribution in [0.15, 0.2) is 24.8 Å². The number of anilines is 1. The first-order chi connectivity index (χ1) is 10.7. The van der Waals surface area contributed by atoms with E-state index in [1.54, 1.807) is 12.4 Å². The van der Waals surface area contributed by atoms with Gasteiger partial charge in [-0.15, -0.1) is 0 Å². The quantitative estimate of drug-likeness (QED) is 0.862. The minimum atomic E-state index is 0.0749. The van der Waals surface area contributed by atoms with Crippen molar-refractivity contribution < 1.29 is 4.74 Å². The van der Waals surface area contributed by atoms with Gasteiger partial charge in [-0.3, -0.25) is 0 Å². The van der Waals surface area contributed by atoms with Gasteiger partial charge in [-0.1, -0.05) is 6.92 Å². The van der Waals surface area contributed by atoms with E-state index in [4.69, 9.17) is 4.74 Å². The van der Waals surface area contributed by atoms with Gasteiger partial charge in [0.25, 0.3) is 0 Å². The summed E-state index contributed by atoms with van der Waals surface area (Å²) in [4.78, 5) is 19.5. The Morgan fingerprint density at radius 3 is 2.55 bits per heavy atom. The van der Waals surface area contributed by atoms with Gasteiger partial charge in [0.05, 0.1) is 6.54 Å². The van der Waals surface area contributed by atoms with Crippen LogP contribution in [0.2, 0.25) is 0 Å². The smallest absolute Gasteiger partial charge is 0.316 e. The first-order valence-corrected chi connectivity index (χ1v) is 7.75. The zero-order chi connectivity index (χ0) is 15.4. The lowest BCUT2D eigenvalue weighted by Crippen LogP contribution is -2.42. The van der Waals surface area contributed by atoms with Crippen molar-refractivity contribution in [2.75, 3.05) is 18.0 Å². The molecule has 2 aromatic heterocycles. The Hall–Kier alpha value is -2.24. The fourth-order valence-electron chi connectivity index (χ4n) is 2.50. The molecule has 22 heavy (non-hydrogen) atoms. The summed E-state index contributed by atoms with van der Waals surface area (Å²) in [6.45, 7) is 5.79. The van der Waals surface area contributed by atoms with E-state index in [1.165, 1.54) is 0 Å². The molecule has 0 N–H and O–H groups in total. The van der Waals surface area contributed by atoms with E-state index in [1.807, 2.05) is 19.3 Å². The van der Waals surface area contributed by atoms with E-state index in [0.717, 1.165) is 49.4 Å². The summed E-state index contributed by atoms with van der Waals surface area (Å²) in [6, 6.07) is 0.444. The number of rotatable bonds is 4. The van der Waals surface area contributed by atoms with Crippen LogP contribution >= 0.6 is 0 Å². The Labute approximate surface area is 130 Å². The van der Waals surface area contributed by atoms with Crippen molar-refractivity contribution in [3.05, 3.63) is 35.9 Å². The van der Waals surface area contributed by atoms with Crippen molar-refractivity contribution in [3.8, 4) is 6.01 Å². The van der Waals surface area contributed by atoms with Gasteiger partial charge in [-0.05, 0) is 37.3 Å². The average molecular weight is 299 g/mol. The molecule has 0 spiro atoms. The molecule has 6 nitrogen and oxygen atoms in total. The highest BCUT2D eigenvalue weighted by molar-refractivity contribution is 5.31.